The number of rotatable bonds is 2. The van der Waals surface area contributed by atoms with Crippen molar-refractivity contribution in [3.05, 3.63) is 0 Å². The van der Waals surface area contributed by atoms with Crippen LogP contribution in [0.2, 0.25) is 0 Å². The van der Waals surface area contributed by atoms with E-state index in [1.807, 2.05) is 20.8 Å². The van der Waals surface area contributed by atoms with Crippen LogP contribution < -0.4 is 0 Å². The number of hydrogen-bond donors (Lipinski definition) is 0. The highest BCUT2D eigenvalue weighted by Crippen LogP contribution is 2.24. The molecule has 1 heterocycles. The highest BCUT2D eigenvalue weighted by Gasteiger charge is 2.41. The molecule has 1 amide bonds. The molecule has 92 valence electrons. The van der Waals surface area contributed by atoms with Gasteiger partial charge in [0.15, 0.2) is 6.29 Å². The van der Waals surface area contributed by atoms with Crippen LogP contribution in [0.25, 0.3) is 0 Å². The highest BCUT2D eigenvalue weighted by atomic mass is 16.6. The van der Waals surface area contributed by atoms with Crippen LogP contribution in [0.3, 0.4) is 0 Å². The number of carbonyl (C=O) groups is 2. The fourth-order valence-corrected chi connectivity index (χ4v) is 1.60. The van der Waals surface area contributed by atoms with Crippen molar-refractivity contribution in [1.82, 2.24) is 4.90 Å². The van der Waals surface area contributed by atoms with E-state index in [1.54, 1.807) is 0 Å². The molecule has 1 rings (SSSR count). The molecule has 0 aromatic carbocycles. The summed E-state index contributed by atoms with van der Waals surface area (Å²) in [4.78, 5) is 24.1. The van der Waals surface area contributed by atoms with Gasteiger partial charge in [-0.3, -0.25) is 0 Å². The van der Waals surface area contributed by atoms with E-state index < -0.39 is 17.3 Å². The van der Waals surface area contributed by atoms with Gasteiger partial charge in [-0.15, -0.1) is 0 Å². The lowest BCUT2D eigenvalue weighted by molar-refractivity contribution is -0.126. The van der Waals surface area contributed by atoms with Crippen molar-refractivity contribution in [1.29, 1.82) is 0 Å². The smallest absolute Gasteiger partial charge is 0.410 e. The molecule has 0 aliphatic carbocycles. The average molecular weight is 229 g/mol. The summed E-state index contributed by atoms with van der Waals surface area (Å²) in [6.45, 7) is 6.18. The van der Waals surface area contributed by atoms with E-state index >= 15 is 0 Å². The van der Waals surface area contributed by atoms with Crippen LogP contribution >= 0.6 is 0 Å². The molecule has 0 aromatic heterocycles. The molecule has 1 aliphatic rings. The molecule has 0 unspecified atom stereocenters. The minimum Gasteiger partial charge on any atom is -0.444 e. The summed E-state index contributed by atoms with van der Waals surface area (Å²) < 4.78 is 10.4. The van der Waals surface area contributed by atoms with Crippen molar-refractivity contribution in [2.45, 2.75) is 38.4 Å². The molecule has 1 aliphatic heterocycles. The summed E-state index contributed by atoms with van der Waals surface area (Å²) in [5.74, 6) is 0. The van der Waals surface area contributed by atoms with Gasteiger partial charge in [-0.1, -0.05) is 0 Å². The van der Waals surface area contributed by atoms with Gasteiger partial charge in [0.2, 0.25) is 0 Å². The first-order valence-electron chi connectivity index (χ1n) is 5.31. The summed E-state index contributed by atoms with van der Waals surface area (Å²) in [6, 6.07) is 0. The molecular weight excluding hydrogens is 210 g/mol. The van der Waals surface area contributed by atoms with Gasteiger partial charge >= 0.3 is 6.09 Å². The minimum absolute atomic E-state index is 0.266. The van der Waals surface area contributed by atoms with Crippen molar-refractivity contribution in [2.24, 2.45) is 0 Å². The lowest BCUT2D eigenvalue weighted by Gasteiger charge is -2.25. The molecule has 16 heavy (non-hydrogen) atoms. The third-order valence-electron chi connectivity index (χ3n) is 2.54. The SMILES string of the molecule is CO[C@@]1(C=O)CCN(C(=O)OC(C)(C)C)C1. The zero-order valence-corrected chi connectivity index (χ0v) is 10.3. The van der Waals surface area contributed by atoms with Crippen molar-refractivity contribution in [2.75, 3.05) is 20.2 Å². The fraction of sp³-hybridized carbons (Fsp3) is 0.818. The van der Waals surface area contributed by atoms with Gasteiger partial charge in [-0.2, -0.15) is 0 Å². The second-order valence-electron chi connectivity index (χ2n) is 5.04. The molecule has 0 saturated carbocycles. The van der Waals surface area contributed by atoms with Crippen LogP contribution in [0.5, 0.6) is 0 Å². The van der Waals surface area contributed by atoms with Gasteiger partial charge in [-0.25, -0.2) is 4.79 Å². The number of hydrogen-bond acceptors (Lipinski definition) is 4. The first kappa shape index (κ1) is 13.0. The Morgan fingerprint density at radius 3 is 2.44 bits per heavy atom. The first-order valence-corrected chi connectivity index (χ1v) is 5.31. The molecular formula is C11H19NO4. The number of amides is 1. The minimum atomic E-state index is -0.850. The Kier molecular flexibility index (Phi) is 3.57. The summed E-state index contributed by atoms with van der Waals surface area (Å²) in [7, 11) is 1.48. The molecule has 1 saturated heterocycles. The van der Waals surface area contributed by atoms with Crippen LogP contribution in [0.15, 0.2) is 0 Å². The monoisotopic (exact) mass is 229 g/mol. The topological polar surface area (TPSA) is 55.8 Å². The number of likely N-dealkylation sites (tertiary alicyclic amines) is 1. The highest BCUT2D eigenvalue weighted by molar-refractivity contribution is 5.72. The second kappa shape index (κ2) is 4.41. The Labute approximate surface area is 95.7 Å². The van der Waals surface area contributed by atoms with Crippen molar-refractivity contribution in [3.8, 4) is 0 Å². The lowest BCUT2D eigenvalue weighted by atomic mass is 10.1. The number of methoxy groups -OCH3 is 1. The number of carbonyl (C=O) groups excluding carboxylic acids is 2. The van der Waals surface area contributed by atoms with Crippen LogP contribution in [0.4, 0.5) is 4.79 Å². The van der Waals surface area contributed by atoms with Crippen LogP contribution in [-0.4, -0.2) is 48.7 Å². The Morgan fingerprint density at radius 1 is 1.44 bits per heavy atom. The van der Waals surface area contributed by atoms with Gasteiger partial charge in [0.1, 0.15) is 11.2 Å². The molecule has 5 nitrogen and oxygen atoms in total. The van der Waals surface area contributed by atoms with Crippen molar-refractivity contribution >= 4 is 12.4 Å². The third kappa shape index (κ3) is 2.95. The largest absolute Gasteiger partial charge is 0.444 e. The molecule has 0 N–H and O–H groups in total. The molecule has 0 bridgehead atoms. The van der Waals surface area contributed by atoms with E-state index in [1.165, 1.54) is 12.0 Å². The van der Waals surface area contributed by atoms with E-state index in [4.69, 9.17) is 9.47 Å². The normalized spacial score (nSPS) is 25.6. The molecule has 1 atom stereocenters. The number of nitrogens with zero attached hydrogens (tertiary/aromatic N) is 1. The van der Waals surface area contributed by atoms with Crippen molar-refractivity contribution in [3.63, 3.8) is 0 Å². The van der Waals surface area contributed by atoms with E-state index in [2.05, 4.69) is 0 Å². The van der Waals surface area contributed by atoms with E-state index in [9.17, 15) is 9.59 Å². The fourth-order valence-electron chi connectivity index (χ4n) is 1.60. The Bertz CT molecular complexity index is 284. The van der Waals surface area contributed by atoms with E-state index in [0.29, 0.717) is 13.0 Å². The van der Waals surface area contributed by atoms with Gasteiger partial charge in [0, 0.05) is 20.1 Å². The Morgan fingerprint density at radius 2 is 2.06 bits per heavy atom. The van der Waals surface area contributed by atoms with Gasteiger partial charge in [0.25, 0.3) is 0 Å². The zero-order chi connectivity index (χ0) is 12.4. The predicted molar refractivity (Wildman–Crippen MR) is 58.2 cm³/mol. The predicted octanol–water partition coefficient (Wildman–Crippen LogP) is 1.21. The quantitative estimate of drug-likeness (QED) is 0.668. The molecule has 1 fully saturated rings. The summed E-state index contributed by atoms with van der Waals surface area (Å²) in [5, 5.41) is 0. The maximum Gasteiger partial charge on any atom is 0.410 e. The summed E-state index contributed by atoms with van der Waals surface area (Å²) >= 11 is 0. The second-order valence-corrected chi connectivity index (χ2v) is 5.04. The lowest BCUT2D eigenvalue weighted by Crippen LogP contribution is -2.41. The van der Waals surface area contributed by atoms with Gasteiger partial charge in [-0.05, 0) is 20.8 Å². The molecule has 5 heteroatoms. The van der Waals surface area contributed by atoms with Gasteiger partial charge in [0.05, 0.1) is 6.54 Å². The maximum atomic E-state index is 11.7. The van der Waals surface area contributed by atoms with Crippen molar-refractivity contribution < 1.29 is 19.1 Å². The third-order valence-corrected chi connectivity index (χ3v) is 2.54. The first-order chi connectivity index (χ1) is 7.32. The standard InChI is InChI=1S/C11H19NO4/c1-10(2,3)16-9(14)12-6-5-11(7-12,8-13)15-4/h8H,5-7H2,1-4H3/t11-/m0/s1. The zero-order valence-electron chi connectivity index (χ0n) is 10.3. The van der Waals surface area contributed by atoms with Crippen LogP contribution in [0.1, 0.15) is 27.2 Å². The molecule has 0 radical (unpaired) electrons. The molecule has 0 spiro atoms. The summed E-state index contributed by atoms with van der Waals surface area (Å²) in [6.07, 6.45) is 0.886. The van der Waals surface area contributed by atoms with E-state index in [-0.39, 0.29) is 6.54 Å². The number of ether oxygens (including phenoxy) is 2. The van der Waals surface area contributed by atoms with Crippen LogP contribution in [-0.2, 0) is 14.3 Å². The van der Waals surface area contributed by atoms with Gasteiger partial charge < -0.3 is 19.2 Å². The maximum absolute atomic E-state index is 11.7. The average Bonchev–Trinajstić information content (AvgIpc) is 2.60. The number of aldehydes is 1. The molecule has 0 aromatic rings. The summed E-state index contributed by atoms with van der Waals surface area (Å²) in [5.41, 5.74) is -1.37. The van der Waals surface area contributed by atoms with E-state index in [0.717, 1.165) is 6.29 Å². The Hall–Kier alpha value is -1.10. The van der Waals surface area contributed by atoms with Crippen LogP contribution in [0, 0.1) is 0 Å². The Balaban J connectivity index is 2.59.